The van der Waals surface area contributed by atoms with Gasteiger partial charge in [0.05, 0.1) is 13.2 Å². The summed E-state index contributed by atoms with van der Waals surface area (Å²) in [5, 5.41) is 7.23. The number of nitrogens with zero attached hydrogens (tertiary/aromatic N) is 2. The molecule has 1 aromatic heterocycles. The first kappa shape index (κ1) is 15.9. The molecule has 0 aliphatic heterocycles. The molecule has 0 bridgehead atoms. The van der Waals surface area contributed by atoms with Crippen LogP contribution in [0.25, 0.3) is 22.8 Å². The van der Waals surface area contributed by atoms with Gasteiger partial charge in [-0.2, -0.15) is 5.10 Å². The van der Waals surface area contributed by atoms with E-state index in [1.165, 1.54) is 0 Å². The monoisotopic (exact) mass is 324 g/mol. The van der Waals surface area contributed by atoms with Crippen molar-refractivity contribution in [1.29, 1.82) is 0 Å². The van der Waals surface area contributed by atoms with Gasteiger partial charge in [0.2, 0.25) is 0 Å². The van der Waals surface area contributed by atoms with Crippen molar-refractivity contribution in [1.82, 2.24) is 15.2 Å². The fourth-order valence-corrected chi connectivity index (χ4v) is 2.41. The smallest absolute Gasteiger partial charge is 0.181 e. The third-order valence-electron chi connectivity index (χ3n) is 3.50. The molecule has 6 heteroatoms. The lowest BCUT2D eigenvalue weighted by Gasteiger charge is -2.11. The Hall–Kier alpha value is -3.02. The highest BCUT2D eigenvalue weighted by atomic mass is 16.5. The van der Waals surface area contributed by atoms with E-state index < -0.39 is 0 Å². The Morgan fingerprint density at radius 1 is 1.00 bits per heavy atom. The Balaban J connectivity index is 1.95. The lowest BCUT2D eigenvalue weighted by atomic mass is 10.1. The molecule has 0 saturated heterocycles. The van der Waals surface area contributed by atoms with E-state index in [1.54, 1.807) is 0 Å². The molecule has 3 aromatic rings. The number of aromatic amines is 1. The summed E-state index contributed by atoms with van der Waals surface area (Å²) in [5.74, 6) is 2.61. The molecular weight excluding hydrogens is 304 g/mol. The van der Waals surface area contributed by atoms with Gasteiger partial charge in [0.1, 0.15) is 0 Å². The molecule has 0 aliphatic rings. The van der Waals surface area contributed by atoms with Crippen LogP contribution in [0, 0.1) is 0 Å². The van der Waals surface area contributed by atoms with Crippen molar-refractivity contribution < 1.29 is 9.47 Å². The number of anilines is 1. The quantitative estimate of drug-likeness (QED) is 0.678. The number of hydrogen-bond acceptors (Lipinski definition) is 5. The molecule has 0 aliphatic carbocycles. The number of nitrogens with two attached hydrogens (primary N) is 1. The topological polar surface area (TPSA) is 86.0 Å². The first-order valence-electron chi connectivity index (χ1n) is 7.90. The minimum atomic E-state index is 0.559. The van der Waals surface area contributed by atoms with E-state index in [0.29, 0.717) is 42.0 Å². The largest absolute Gasteiger partial charge is 0.490 e. The molecule has 24 heavy (non-hydrogen) atoms. The summed E-state index contributed by atoms with van der Waals surface area (Å²) in [5.41, 5.74) is 8.32. The molecule has 0 saturated carbocycles. The van der Waals surface area contributed by atoms with Crippen LogP contribution in [0.1, 0.15) is 13.8 Å². The number of hydrogen-bond donors (Lipinski definition) is 2. The maximum Gasteiger partial charge on any atom is 0.181 e. The summed E-state index contributed by atoms with van der Waals surface area (Å²) in [7, 11) is 0. The van der Waals surface area contributed by atoms with Gasteiger partial charge in [0, 0.05) is 16.8 Å². The molecule has 1 heterocycles. The van der Waals surface area contributed by atoms with Crippen LogP contribution in [0.5, 0.6) is 11.5 Å². The second kappa shape index (κ2) is 7.04. The zero-order valence-corrected chi connectivity index (χ0v) is 13.7. The first-order chi connectivity index (χ1) is 11.7. The number of aromatic nitrogens is 3. The second-order valence-corrected chi connectivity index (χ2v) is 5.12. The van der Waals surface area contributed by atoms with Crippen molar-refractivity contribution >= 4 is 5.69 Å². The first-order valence-corrected chi connectivity index (χ1v) is 7.90. The van der Waals surface area contributed by atoms with Crippen LogP contribution in [0.15, 0.2) is 42.5 Å². The molecule has 0 radical (unpaired) electrons. The van der Waals surface area contributed by atoms with E-state index in [0.717, 1.165) is 11.1 Å². The average molecular weight is 324 g/mol. The van der Waals surface area contributed by atoms with Crippen LogP contribution in [0.3, 0.4) is 0 Å². The maximum absolute atomic E-state index is 5.99. The molecule has 3 rings (SSSR count). The Kier molecular flexibility index (Phi) is 4.65. The highest BCUT2D eigenvalue weighted by Gasteiger charge is 2.13. The van der Waals surface area contributed by atoms with Crippen LogP contribution in [0.4, 0.5) is 5.69 Å². The van der Waals surface area contributed by atoms with Crippen LogP contribution in [-0.4, -0.2) is 28.4 Å². The Bertz CT molecular complexity index is 829. The van der Waals surface area contributed by atoms with Crippen molar-refractivity contribution in [3.8, 4) is 34.3 Å². The fraction of sp³-hybridized carbons (Fsp3) is 0.222. The normalized spacial score (nSPS) is 10.6. The highest BCUT2D eigenvalue weighted by Crippen LogP contribution is 2.32. The van der Waals surface area contributed by atoms with Crippen LogP contribution >= 0.6 is 0 Å². The summed E-state index contributed by atoms with van der Waals surface area (Å²) in [4.78, 5) is 4.55. The molecule has 2 aromatic carbocycles. The van der Waals surface area contributed by atoms with E-state index in [4.69, 9.17) is 15.2 Å². The lowest BCUT2D eigenvalue weighted by molar-refractivity contribution is 0.288. The fourth-order valence-electron chi connectivity index (χ4n) is 2.41. The summed E-state index contributed by atoms with van der Waals surface area (Å²) in [6, 6.07) is 13.2. The van der Waals surface area contributed by atoms with Gasteiger partial charge in [-0.25, -0.2) is 4.98 Å². The second-order valence-electron chi connectivity index (χ2n) is 5.12. The molecule has 0 fully saturated rings. The van der Waals surface area contributed by atoms with Crippen molar-refractivity contribution in [2.24, 2.45) is 0 Å². The summed E-state index contributed by atoms with van der Waals surface area (Å²) >= 11 is 0. The van der Waals surface area contributed by atoms with Crippen molar-refractivity contribution in [2.75, 3.05) is 18.9 Å². The molecule has 0 unspecified atom stereocenters. The van der Waals surface area contributed by atoms with Gasteiger partial charge in [-0.3, -0.25) is 5.10 Å². The summed E-state index contributed by atoms with van der Waals surface area (Å²) < 4.78 is 11.2. The van der Waals surface area contributed by atoms with E-state index >= 15 is 0 Å². The predicted octanol–water partition coefficient (Wildman–Crippen LogP) is 3.52. The van der Waals surface area contributed by atoms with E-state index in [9.17, 15) is 0 Å². The zero-order chi connectivity index (χ0) is 16.9. The average Bonchev–Trinajstić information content (AvgIpc) is 3.07. The number of ether oxygens (including phenoxy) is 2. The van der Waals surface area contributed by atoms with Gasteiger partial charge in [-0.05, 0) is 44.2 Å². The van der Waals surface area contributed by atoms with Crippen LogP contribution < -0.4 is 15.2 Å². The molecule has 3 N–H and O–H groups in total. The van der Waals surface area contributed by atoms with Crippen LogP contribution in [0.2, 0.25) is 0 Å². The number of rotatable bonds is 6. The Morgan fingerprint density at radius 2 is 1.75 bits per heavy atom. The molecule has 0 spiro atoms. The van der Waals surface area contributed by atoms with Crippen molar-refractivity contribution in [3.05, 3.63) is 42.5 Å². The van der Waals surface area contributed by atoms with Gasteiger partial charge in [-0.15, -0.1) is 0 Å². The number of H-pyrrole nitrogens is 1. The van der Waals surface area contributed by atoms with Gasteiger partial charge in [-0.1, -0.05) is 12.1 Å². The molecule has 6 nitrogen and oxygen atoms in total. The number of benzene rings is 2. The van der Waals surface area contributed by atoms with Gasteiger partial charge >= 0.3 is 0 Å². The van der Waals surface area contributed by atoms with E-state index in [1.807, 2.05) is 56.3 Å². The molecule has 0 amide bonds. The summed E-state index contributed by atoms with van der Waals surface area (Å²) in [6.45, 7) is 5.02. The Labute approximate surface area is 140 Å². The minimum Gasteiger partial charge on any atom is -0.490 e. The number of nitrogen functional groups attached to an aromatic ring is 1. The summed E-state index contributed by atoms with van der Waals surface area (Å²) in [6.07, 6.45) is 0. The van der Waals surface area contributed by atoms with Crippen molar-refractivity contribution in [3.63, 3.8) is 0 Å². The van der Waals surface area contributed by atoms with E-state index in [-0.39, 0.29) is 0 Å². The third-order valence-corrected chi connectivity index (χ3v) is 3.50. The Morgan fingerprint density at radius 3 is 2.50 bits per heavy atom. The minimum absolute atomic E-state index is 0.559. The maximum atomic E-state index is 5.99. The van der Waals surface area contributed by atoms with Gasteiger partial charge in [0.25, 0.3) is 0 Å². The lowest BCUT2D eigenvalue weighted by Crippen LogP contribution is -1.98. The van der Waals surface area contributed by atoms with E-state index in [2.05, 4.69) is 15.2 Å². The zero-order valence-electron chi connectivity index (χ0n) is 13.7. The van der Waals surface area contributed by atoms with Gasteiger partial charge in [0.15, 0.2) is 23.1 Å². The number of nitrogens with one attached hydrogen (secondary N) is 1. The van der Waals surface area contributed by atoms with Gasteiger partial charge < -0.3 is 15.2 Å². The highest BCUT2D eigenvalue weighted by molar-refractivity contribution is 5.72. The predicted molar refractivity (Wildman–Crippen MR) is 94.0 cm³/mol. The van der Waals surface area contributed by atoms with Crippen molar-refractivity contribution in [2.45, 2.75) is 13.8 Å². The standard InChI is InChI=1S/C18H20N4O2/c1-3-23-15-10-9-12(11-16(15)24-4-2)17-20-18(22-21-17)13-7-5-6-8-14(13)19/h5-11H,3-4,19H2,1-2H3,(H,20,21,22). The molecular formula is C18H20N4O2. The SMILES string of the molecule is CCOc1ccc(-c2n[nH]c(-c3ccccc3N)n2)cc1OCC. The molecule has 124 valence electrons. The van der Waals surface area contributed by atoms with Crippen LogP contribution in [-0.2, 0) is 0 Å². The number of para-hydroxylation sites is 1. The third kappa shape index (κ3) is 3.17. The molecule has 0 atom stereocenters.